The van der Waals surface area contributed by atoms with Crippen LogP contribution >= 0.6 is 0 Å². The fourth-order valence-electron chi connectivity index (χ4n) is 1.85. The molecule has 0 atom stereocenters. The van der Waals surface area contributed by atoms with E-state index in [-0.39, 0.29) is 0 Å². The van der Waals surface area contributed by atoms with E-state index in [1.54, 1.807) is 32.2 Å². The van der Waals surface area contributed by atoms with Gasteiger partial charge in [-0.1, -0.05) is 12.1 Å². The van der Waals surface area contributed by atoms with Crippen LogP contribution in [0.3, 0.4) is 0 Å². The number of aliphatic hydroxyl groups is 1. The lowest BCUT2D eigenvalue weighted by Crippen LogP contribution is -2.19. The van der Waals surface area contributed by atoms with Crippen LogP contribution in [-0.2, 0) is 5.60 Å². The molecule has 2 aromatic rings. The van der Waals surface area contributed by atoms with E-state index >= 15 is 0 Å². The number of nitrogens with one attached hydrogen (secondary N) is 1. The summed E-state index contributed by atoms with van der Waals surface area (Å²) in [6.07, 6.45) is 0.454. The normalized spacial score (nSPS) is 11.2. The minimum Gasteiger partial charge on any atom is -0.465 e. The molecule has 6 nitrogen and oxygen atoms in total. The van der Waals surface area contributed by atoms with Crippen LogP contribution in [0.5, 0.6) is 0 Å². The lowest BCUT2D eigenvalue weighted by molar-refractivity contribution is 0.0688. The summed E-state index contributed by atoms with van der Waals surface area (Å²) in [5.41, 5.74) is 1.55. The van der Waals surface area contributed by atoms with Crippen LogP contribution < -0.4 is 5.32 Å². The Hall–Kier alpha value is -2.47. The first-order valence-electron chi connectivity index (χ1n) is 6.44. The van der Waals surface area contributed by atoms with E-state index in [1.165, 1.54) is 0 Å². The molecular formula is C15H17N3O3. The molecule has 3 N–H and O–H groups in total. The first-order chi connectivity index (χ1) is 9.77. The van der Waals surface area contributed by atoms with Gasteiger partial charge in [0.2, 0.25) is 0 Å². The average molecular weight is 287 g/mol. The number of benzene rings is 1. The molecule has 1 amide bonds. The van der Waals surface area contributed by atoms with Crippen molar-refractivity contribution in [3.63, 3.8) is 0 Å². The molecule has 0 unspecified atom stereocenters. The number of rotatable bonds is 3. The zero-order valence-electron chi connectivity index (χ0n) is 12.1. The second-order valence-corrected chi connectivity index (χ2v) is 5.28. The first kappa shape index (κ1) is 14.9. The quantitative estimate of drug-likeness (QED) is 0.806. The molecule has 2 rings (SSSR count). The number of nitrogens with zero attached hydrogens (tertiary/aromatic N) is 2. The molecule has 6 heteroatoms. The first-order valence-corrected chi connectivity index (χ1v) is 6.44. The molecule has 0 aliphatic rings. The summed E-state index contributed by atoms with van der Waals surface area (Å²) in [6.45, 7) is 5.04. The maximum atomic E-state index is 10.8. The highest BCUT2D eigenvalue weighted by Gasteiger charge is 2.20. The molecule has 0 aliphatic heterocycles. The smallest absolute Gasteiger partial charge is 0.409 e. The van der Waals surface area contributed by atoms with E-state index in [2.05, 4.69) is 15.3 Å². The third-order valence-electron chi connectivity index (χ3n) is 2.98. The van der Waals surface area contributed by atoms with Crippen molar-refractivity contribution in [1.82, 2.24) is 9.97 Å². The molecule has 110 valence electrons. The molecule has 21 heavy (non-hydrogen) atoms. The lowest BCUT2D eigenvalue weighted by atomic mass is 10.1. The van der Waals surface area contributed by atoms with E-state index in [0.717, 1.165) is 11.1 Å². The third kappa shape index (κ3) is 3.55. The largest absolute Gasteiger partial charge is 0.465 e. The van der Waals surface area contributed by atoms with Gasteiger partial charge in [0.05, 0.1) is 5.69 Å². The van der Waals surface area contributed by atoms with E-state index < -0.39 is 11.7 Å². The molecule has 0 saturated heterocycles. The molecular weight excluding hydrogens is 270 g/mol. The Bertz CT molecular complexity index is 678. The van der Waals surface area contributed by atoms with Gasteiger partial charge in [-0.05, 0) is 38.5 Å². The zero-order valence-corrected chi connectivity index (χ0v) is 12.1. The van der Waals surface area contributed by atoms with Crippen LogP contribution in [0.25, 0.3) is 11.3 Å². The van der Waals surface area contributed by atoms with Crippen LogP contribution in [0.4, 0.5) is 10.5 Å². The van der Waals surface area contributed by atoms with Crippen molar-refractivity contribution in [3.8, 4) is 11.3 Å². The number of aryl methyl sites for hydroxylation is 1. The molecule has 0 aliphatic carbocycles. The number of hydrogen-bond acceptors (Lipinski definition) is 4. The Morgan fingerprint density at radius 3 is 2.62 bits per heavy atom. The predicted molar refractivity (Wildman–Crippen MR) is 79.1 cm³/mol. The van der Waals surface area contributed by atoms with Crippen molar-refractivity contribution in [2.75, 3.05) is 5.32 Å². The monoisotopic (exact) mass is 287 g/mol. The van der Waals surface area contributed by atoms with Gasteiger partial charge in [-0.25, -0.2) is 14.8 Å². The fraction of sp³-hybridized carbons (Fsp3) is 0.267. The molecule has 0 spiro atoms. The van der Waals surface area contributed by atoms with Gasteiger partial charge in [-0.15, -0.1) is 0 Å². The predicted octanol–water partition coefficient (Wildman–Crippen LogP) is 2.77. The second-order valence-electron chi connectivity index (χ2n) is 5.28. The minimum absolute atomic E-state index is 0.313. The Labute approximate surface area is 122 Å². The number of hydrogen-bond donors (Lipinski definition) is 3. The highest BCUT2D eigenvalue weighted by atomic mass is 16.4. The van der Waals surface area contributed by atoms with Crippen LogP contribution in [0.15, 0.2) is 30.5 Å². The number of anilines is 1. The van der Waals surface area contributed by atoms with Crippen molar-refractivity contribution < 1.29 is 15.0 Å². The summed E-state index contributed by atoms with van der Waals surface area (Å²) < 4.78 is 0. The van der Waals surface area contributed by atoms with Crippen LogP contribution in [-0.4, -0.2) is 26.3 Å². The number of carboxylic acid groups (broad SMARTS) is 1. The third-order valence-corrected chi connectivity index (χ3v) is 2.98. The van der Waals surface area contributed by atoms with Crippen molar-refractivity contribution in [1.29, 1.82) is 0 Å². The highest BCUT2D eigenvalue weighted by molar-refractivity contribution is 5.85. The maximum Gasteiger partial charge on any atom is 0.409 e. The Kier molecular flexibility index (Phi) is 3.90. The Morgan fingerprint density at radius 1 is 1.29 bits per heavy atom. The van der Waals surface area contributed by atoms with Gasteiger partial charge in [0.15, 0.2) is 5.82 Å². The average Bonchev–Trinajstić information content (AvgIpc) is 2.40. The zero-order chi connectivity index (χ0) is 15.6. The number of carbonyl (C=O) groups is 1. The van der Waals surface area contributed by atoms with E-state index in [9.17, 15) is 9.90 Å². The molecule has 0 fully saturated rings. The standard InChI is InChI=1S/C15H17N3O3/c1-9-4-5-10(8-12(9)18-14(19)20)11-6-7-16-13(17-11)15(2,3)21/h4-8,18,21H,1-3H3,(H,19,20). The molecule has 1 aromatic carbocycles. The summed E-state index contributed by atoms with van der Waals surface area (Å²) in [5.74, 6) is 0.313. The van der Waals surface area contributed by atoms with Gasteiger partial charge in [-0.2, -0.15) is 0 Å². The summed E-state index contributed by atoms with van der Waals surface area (Å²) in [6, 6.07) is 7.08. The van der Waals surface area contributed by atoms with Crippen LogP contribution in [0, 0.1) is 6.92 Å². The Morgan fingerprint density at radius 2 is 2.00 bits per heavy atom. The van der Waals surface area contributed by atoms with E-state index in [0.29, 0.717) is 17.2 Å². The number of amides is 1. The molecule has 1 aromatic heterocycles. The summed E-state index contributed by atoms with van der Waals surface area (Å²) in [5, 5.41) is 21.1. The summed E-state index contributed by atoms with van der Waals surface area (Å²) in [4.78, 5) is 19.2. The minimum atomic E-state index is -1.14. The van der Waals surface area contributed by atoms with Crippen molar-refractivity contribution in [2.45, 2.75) is 26.4 Å². The van der Waals surface area contributed by atoms with Crippen LogP contribution in [0.2, 0.25) is 0 Å². The van der Waals surface area contributed by atoms with Crippen molar-refractivity contribution >= 4 is 11.8 Å². The fourth-order valence-corrected chi connectivity index (χ4v) is 1.85. The maximum absolute atomic E-state index is 10.8. The Balaban J connectivity index is 2.45. The van der Waals surface area contributed by atoms with Crippen molar-refractivity contribution in [3.05, 3.63) is 41.9 Å². The van der Waals surface area contributed by atoms with Crippen LogP contribution in [0.1, 0.15) is 25.2 Å². The molecule has 0 radical (unpaired) electrons. The lowest BCUT2D eigenvalue weighted by Gasteiger charge is -2.16. The molecule has 0 saturated carbocycles. The molecule has 0 bridgehead atoms. The van der Waals surface area contributed by atoms with E-state index in [1.807, 2.05) is 19.1 Å². The van der Waals surface area contributed by atoms with Gasteiger partial charge in [0, 0.05) is 17.4 Å². The second kappa shape index (κ2) is 5.49. The molecule has 1 heterocycles. The van der Waals surface area contributed by atoms with Gasteiger partial charge < -0.3 is 10.2 Å². The van der Waals surface area contributed by atoms with Gasteiger partial charge in [0.25, 0.3) is 0 Å². The SMILES string of the molecule is Cc1ccc(-c2ccnc(C(C)(C)O)n2)cc1NC(=O)O. The summed E-state index contributed by atoms with van der Waals surface area (Å²) >= 11 is 0. The van der Waals surface area contributed by atoms with Gasteiger partial charge in [-0.3, -0.25) is 5.32 Å². The van der Waals surface area contributed by atoms with Gasteiger partial charge in [0.1, 0.15) is 5.60 Å². The number of aromatic nitrogens is 2. The summed E-state index contributed by atoms with van der Waals surface area (Å²) in [7, 11) is 0. The topological polar surface area (TPSA) is 95.3 Å². The van der Waals surface area contributed by atoms with E-state index in [4.69, 9.17) is 5.11 Å². The highest BCUT2D eigenvalue weighted by Crippen LogP contribution is 2.25. The van der Waals surface area contributed by atoms with Crippen molar-refractivity contribution in [2.24, 2.45) is 0 Å². The van der Waals surface area contributed by atoms with Gasteiger partial charge >= 0.3 is 6.09 Å².